The third kappa shape index (κ3) is 2.22. The van der Waals surface area contributed by atoms with Crippen LogP contribution in [0.1, 0.15) is 0 Å². The Morgan fingerprint density at radius 1 is 0.808 bits per heavy atom. The molecule has 0 spiro atoms. The summed E-state index contributed by atoms with van der Waals surface area (Å²) in [6.45, 7) is 0. The number of nitrogens with zero attached hydrogens (tertiary/aromatic N) is 3. The van der Waals surface area contributed by atoms with Gasteiger partial charge in [-0.1, -0.05) is 42.5 Å². The zero-order valence-electron chi connectivity index (χ0n) is 13.8. The molecule has 2 aromatic heterocycles. The monoisotopic (exact) mass is 338 g/mol. The molecule has 0 aliphatic rings. The van der Waals surface area contributed by atoms with Gasteiger partial charge in [-0.3, -0.25) is 9.36 Å². The Morgan fingerprint density at radius 3 is 2.38 bits per heavy atom. The van der Waals surface area contributed by atoms with E-state index in [9.17, 15) is 4.79 Å². The van der Waals surface area contributed by atoms with E-state index in [0.717, 1.165) is 33.4 Å². The second-order valence-corrected chi connectivity index (χ2v) is 6.10. The number of fused-ring (bicyclic) bond motifs is 2. The first-order valence-corrected chi connectivity index (χ1v) is 8.31. The van der Waals surface area contributed by atoms with Crippen LogP contribution in [-0.2, 0) is 0 Å². The van der Waals surface area contributed by atoms with Gasteiger partial charge in [0.1, 0.15) is 6.33 Å². The van der Waals surface area contributed by atoms with Crippen LogP contribution < -0.4 is 5.56 Å². The molecular formula is C21H14N4O. The third-order valence-electron chi connectivity index (χ3n) is 4.57. The summed E-state index contributed by atoms with van der Waals surface area (Å²) < 4.78 is 2.05. The molecule has 0 atom stereocenters. The molecule has 1 N–H and O–H groups in total. The molecule has 5 heteroatoms. The number of imidazole rings is 1. The average molecular weight is 338 g/mol. The minimum absolute atomic E-state index is 0.175. The lowest BCUT2D eigenvalue weighted by molar-refractivity contribution is 1.02. The summed E-state index contributed by atoms with van der Waals surface area (Å²) in [5.41, 5.74) is 4.59. The molecule has 5 nitrogen and oxygen atoms in total. The molecule has 5 aromatic rings. The van der Waals surface area contributed by atoms with E-state index in [1.807, 2.05) is 79.1 Å². The van der Waals surface area contributed by atoms with E-state index in [0.29, 0.717) is 5.39 Å². The first kappa shape index (κ1) is 14.6. The lowest BCUT2D eigenvalue weighted by atomic mass is 10.0. The van der Waals surface area contributed by atoms with Gasteiger partial charge < -0.3 is 0 Å². The van der Waals surface area contributed by atoms with Gasteiger partial charge in [-0.25, -0.2) is 10.1 Å². The predicted octanol–water partition coefficient (Wildman–Crippen LogP) is 3.93. The van der Waals surface area contributed by atoms with Crippen molar-refractivity contribution in [2.75, 3.05) is 0 Å². The molecule has 0 radical (unpaired) electrons. The Morgan fingerprint density at radius 2 is 1.54 bits per heavy atom. The highest BCUT2D eigenvalue weighted by atomic mass is 16.1. The molecule has 2 heterocycles. The van der Waals surface area contributed by atoms with Crippen LogP contribution in [0.25, 0.3) is 38.8 Å². The summed E-state index contributed by atoms with van der Waals surface area (Å²) in [5, 5.41) is 8.33. The molecule has 0 bridgehead atoms. The van der Waals surface area contributed by atoms with E-state index in [4.69, 9.17) is 0 Å². The van der Waals surface area contributed by atoms with Crippen molar-refractivity contribution in [1.29, 1.82) is 0 Å². The van der Waals surface area contributed by atoms with Crippen LogP contribution in [0.4, 0.5) is 0 Å². The van der Waals surface area contributed by atoms with Crippen molar-refractivity contribution in [3.8, 4) is 16.9 Å². The molecule has 0 saturated heterocycles. The van der Waals surface area contributed by atoms with Crippen LogP contribution in [0.15, 0.2) is 83.9 Å². The molecule has 3 aromatic carbocycles. The molecule has 0 amide bonds. The number of aromatic amines is 1. The second kappa shape index (κ2) is 5.67. The fourth-order valence-electron chi connectivity index (χ4n) is 3.28. The van der Waals surface area contributed by atoms with Gasteiger partial charge in [-0.2, -0.15) is 5.10 Å². The summed E-state index contributed by atoms with van der Waals surface area (Å²) >= 11 is 0. The smallest absolute Gasteiger partial charge is 0.272 e. The molecule has 26 heavy (non-hydrogen) atoms. The lowest BCUT2D eigenvalue weighted by Gasteiger charge is -2.08. The van der Waals surface area contributed by atoms with Crippen molar-refractivity contribution in [3.05, 3.63) is 89.5 Å². The van der Waals surface area contributed by atoms with Gasteiger partial charge in [0.15, 0.2) is 0 Å². The number of para-hydroxylation sites is 2. The second-order valence-electron chi connectivity index (χ2n) is 6.10. The minimum atomic E-state index is -0.175. The van der Waals surface area contributed by atoms with Crippen LogP contribution in [0.5, 0.6) is 0 Å². The summed E-state index contributed by atoms with van der Waals surface area (Å²) in [6, 6.07) is 23.6. The number of benzene rings is 3. The molecule has 0 aliphatic carbocycles. The quantitative estimate of drug-likeness (QED) is 0.530. The summed E-state index contributed by atoms with van der Waals surface area (Å²) in [5.74, 6) is 0. The molecule has 0 saturated carbocycles. The van der Waals surface area contributed by atoms with Crippen LogP contribution in [0.2, 0.25) is 0 Å². The fourth-order valence-corrected chi connectivity index (χ4v) is 3.28. The Kier molecular flexibility index (Phi) is 3.18. The van der Waals surface area contributed by atoms with E-state index < -0.39 is 0 Å². The summed E-state index contributed by atoms with van der Waals surface area (Å²) in [4.78, 5) is 16.4. The lowest BCUT2D eigenvalue weighted by Crippen LogP contribution is -2.09. The van der Waals surface area contributed by atoms with Crippen molar-refractivity contribution in [1.82, 2.24) is 19.7 Å². The summed E-state index contributed by atoms with van der Waals surface area (Å²) in [7, 11) is 0. The topological polar surface area (TPSA) is 63.6 Å². The largest absolute Gasteiger partial charge is 0.299 e. The van der Waals surface area contributed by atoms with Gasteiger partial charge in [0.25, 0.3) is 5.56 Å². The number of nitrogens with one attached hydrogen (secondary N) is 1. The van der Waals surface area contributed by atoms with E-state index >= 15 is 0 Å². The van der Waals surface area contributed by atoms with Crippen LogP contribution in [0, 0.1) is 0 Å². The van der Waals surface area contributed by atoms with Gasteiger partial charge in [0, 0.05) is 16.6 Å². The van der Waals surface area contributed by atoms with Gasteiger partial charge >= 0.3 is 0 Å². The van der Waals surface area contributed by atoms with E-state index in [1.54, 1.807) is 0 Å². The molecular weight excluding hydrogens is 324 g/mol. The van der Waals surface area contributed by atoms with Gasteiger partial charge in [0.05, 0.1) is 22.1 Å². The molecule has 0 fully saturated rings. The highest BCUT2D eigenvalue weighted by Gasteiger charge is 2.09. The van der Waals surface area contributed by atoms with Crippen molar-refractivity contribution >= 4 is 21.8 Å². The SMILES string of the molecule is O=c1[nH]nc(-c2ccc(-n3cnc4ccccc43)cc2)c2ccccc12. The third-order valence-corrected chi connectivity index (χ3v) is 4.57. The van der Waals surface area contributed by atoms with Crippen LogP contribution in [-0.4, -0.2) is 19.7 Å². The zero-order chi connectivity index (χ0) is 17.5. The number of H-pyrrole nitrogens is 1. The van der Waals surface area contributed by atoms with Crippen molar-refractivity contribution in [2.24, 2.45) is 0 Å². The standard InChI is InChI=1S/C21H14N4O/c26-21-17-6-2-1-5-16(17)20(23-24-21)14-9-11-15(12-10-14)25-13-22-18-7-3-4-8-19(18)25/h1-13H,(H,24,26). The minimum Gasteiger partial charge on any atom is -0.299 e. The average Bonchev–Trinajstić information content (AvgIpc) is 3.13. The Labute approximate surface area is 148 Å². The van der Waals surface area contributed by atoms with Gasteiger partial charge in [-0.15, -0.1) is 0 Å². The highest BCUT2D eigenvalue weighted by molar-refractivity contribution is 5.93. The van der Waals surface area contributed by atoms with Gasteiger partial charge in [0.2, 0.25) is 0 Å². The van der Waals surface area contributed by atoms with E-state index in [2.05, 4.69) is 19.7 Å². The first-order valence-electron chi connectivity index (χ1n) is 8.31. The molecule has 0 unspecified atom stereocenters. The Balaban J connectivity index is 1.63. The highest BCUT2D eigenvalue weighted by Crippen LogP contribution is 2.26. The zero-order valence-corrected chi connectivity index (χ0v) is 13.8. The maximum Gasteiger partial charge on any atom is 0.272 e. The van der Waals surface area contributed by atoms with Crippen LogP contribution in [0.3, 0.4) is 0 Å². The predicted molar refractivity (Wildman–Crippen MR) is 102 cm³/mol. The normalized spacial score (nSPS) is 11.2. The number of hydrogen-bond donors (Lipinski definition) is 1. The van der Waals surface area contributed by atoms with Gasteiger partial charge in [-0.05, 0) is 30.3 Å². The maximum absolute atomic E-state index is 12.0. The fraction of sp³-hybridized carbons (Fsp3) is 0. The van der Waals surface area contributed by atoms with Crippen molar-refractivity contribution in [3.63, 3.8) is 0 Å². The molecule has 124 valence electrons. The summed E-state index contributed by atoms with van der Waals surface area (Å²) in [6.07, 6.45) is 1.83. The van der Waals surface area contributed by atoms with E-state index in [-0.39, 0.29) is 5.56 Å². The number of hydrogen-bond acceptors (Lipinski definition) is 3. The van der Waals surface area contributed by atoms with Crippen LogP contribution >= 0.6 is 0 Å². The Bertz CT molecular complexity index is 1300. The number of aromatic nitrogens is 4. The van der Waals surface area contributed by atoms with Crippen molar-refractivity contribution in [2.45, 2.75) is 0 Å². The maximum atomic E-state index is 12.0. The van der Waals surface area contributed by atoms with E-state index in [1.165, 1.54) is 0 Å². The molecule has 5 rings (SSSR count). The van der Waals surface area contributed by atoms with Crippen molar-refractivity contribution < 1.29 is 0 Å². The molecule has 0 aliphatic heterocycles. The number of rotatable bonds is 2. The first-order chi connectivity index (χ1) is 12.8. The Hall–Kier alpha value is -3.73.